The third kappa shape index (κ3) is 3.90. The zero-order valence-corrected chi connectivity index (χ0v) is 15.3. The van der Waals surface area contributed by atoms with Gasteiger partial charge >= 0.3 is 0 Å². The number of carbonyl (C=O) groups is 1. The van der Waals surface area contributed by atoms with Gasteiger partial charge in [-0.15, -0.1) is 10.2 Å². The predicted octanol–water partition coefficient (Wildman–Crippen LogP) is 3.00. The Labute approximate surface area is 158 Å². The van der Waals surface area contributed by atoms with Crippen molar-refractivity contribution < 1.29 is 9.21 Å². The van der Waals surface area contributed by atoms with Gasteiger partial charge in [-0.2, -0.15) is 0 Å². The van der Waals surface area contributed by atoms with E-state index in [2.05, 4.69) is 15.1 Å². The Kier molecular flexibility index (Phi) is 4.98. The van der Waals surface area contributed by atoms with E-state index in [1.165, 1.54) is 0 Å². The molecule has 2 aromatic carbocycles. The summed E-state index contributed by atoms with van der Waals surface area (Å²) in [6.45, 7) is 5.57. The predicted molar refractivity (Wildman–Crippen MR) is 102 cm³/mol. The van der Waals surface area contributed by atoms with Crippen molar-refractivity contribution in [3.05, 3.63) is 71.6 Å². The number of hydrogen-bond acceptors (Lipinski definition) is 5. The molecule has 6 heteroatoms. The number of aromatic nitrogens is 2. The molecule has 1 amide bonds. The highest BCUT2D eigenvalue weighted by atomic mass is 16.4. The standard InChI is InChI=1S/C21H22N4O2/c1-16-7-5-6-10-18(16)21(26)25-13-11-24(12-14-25)15-19-22-23-20(27-19)17-8-3-2-4-9-17/h2-10H,11-15H2,1H3. The molecule has 1 saturated heterocycles. The Hall–Kier alpha value is -2.99. The molecule has 0 radical (unpaired) electrons. The van der Waals surface area contributed by atoms with Crippen LogP contribution in [0.4, 0.5) is 0 Å². The largest absolute Gasteiger partial charge is 0.419 e. The van der Waals surface area contributed by atoms with Crippen molar-refractivity contribution in [1.29, 1.82) is 0 Å². The lowest BCUT2D eigenvalue weighted by Gasteiger charge is -2.34. The summed E-state index contributed by atoms with van der Waals surface area (Å²) in [6.07, 6.45) is 0. The molecule has 6 nitrogen and oxygen atoms in total. The van der Waals surface area contributed by atoms with Crippen LogP contribution in [0.25, 0.3) is 11.5 Å². The van der Waals surface area contributed by atoms with Gasteiger partial charge in [-0.3, -0.25) is 9.69 Å². The first kappa shape index (κ1) is 17.4. The van der Waals surface area contributed by atoms with Crippen LogP contribution in [0, 0.1) is 6.92 Å². The topological polar surface area (TPSA) is 62.5 Å². The molecule has 1 fully saturated rings. The van der Waals surface area contributed by atoms with Gasteiger partial charge in [-0.1, -0.05) is 36.4 Å². The van der Waals surface area contributed by atoms with E-state index < -0.39 is 0 Å². The maximum absolute atomic E-state index is 12.7. The van der Waals surface area contributed by atoms with Gasteiger partial charge in [0.1, 0.15) is 0 Å². The fraction of sp³-hybridized carbons (Fsp3) is 0.286. The molecule has 4 rings (SSSR count). The highest BCUT2D eigenvalue weighted by Crippen LogP contribution is 2.18. The lowest BCUT2D eigenvalue weighted by atomic mass is 10.1. The molecule has 0 N–H and O–H groups in total. The maximum Gasteiger partial charge on any atom is 0.254 e. The van der Waals surface area contributed by atoms with E-state index in [4.69, 9.17) is 4.42 Å². The van der Waals surface area contributed by atoms with Gasteiger partial charge < -0.3 is 9.32 Å². The molecule has 0 bridgehead atoms. The van der Waals surface area contributed by atoms with Gasteiger partial charge in [-0.05, 0) is 30.7 Å². The van der Waals surface area contributed by atoms with Crippen LogP contribution >= 0.6 is 0 Å². The summed E-state index contributed by atoms with van der Waals surface area (Å²) >= 11 is 0. The smallest absolute Gasteiger partial charge is 0.254 e. The zero-order chi connectivity index (χ0) is 18.6. The highest BCUT2D eigenvalue weighted by Gasteiger charge is 2.24. The Bertz CT molecular complexity index is 915. The molecule has 1 aromatic heterocycles. The minimum atomic E-state index is 0.108. The molecule has 2 heterocycles. The summed E-state index contributed by atoms with van der Waals surface area (Å²) in [6, 6.07) is 17.5. The Balaban J connectivity index is 1.34. The third-order valence-corrected chi connectivity index (χ3v) is 4.88. The fourth-order valence-electron chi connectivity index (χ4n) is 3.30. The molecule has 0 atom stereocenters. The molecule has 27 heavy (non-hydrogen) atoms. The number of hydrogen-bond donors (Lipinski definition) is 0. The molecule has 0 aliphatic carbocycles. The number of benzene rings is 2. The molecule has 0 unspecified atom stereocenters. The average Bonchev–Trinajstić information content (AvgIpc) is 3.18. The van der Waals surface area contributed by atoms with Crippen molar-refractivity contribution in [2.45, 2.75) is 13.5 Å². The second kappa shape index (κ2) is 7.72. The first-order chi connectivity index (χ1) is 13.2. The molecule has 138 valence electrons. The van der Waals surface area contributed by atoms with Crippen molar-refractivity contribution in [2.75, 3.05) is 26.2 Å². The van der Waals surface area contributed by atoms with E-state index >= 15 is 0 Å². The Morgan fingerprint density at radius 1 is 0.963 bits per heavy atom. The van der Waals surface area contributed by atoms with Crippen LogP contribution in [0.5, 0.6) is 0 Å². The van der Waals surface area contributed by atoms with E-state index in [9.17, 15) is 4.79 Å². The number of carbonyl (C=O) groups excluding carboxylic acids is 1. The third-order valence-electron chi connectivity index (χ3n) is 4.88. The van der Waals surface area contributed by atoms with Gasteiger partial charge in [0.15, 0.2) is 0 Å². The molecule has 0 saturated carbocycles. The van der Waals surface area contributed by atoms with Crippen LogP contribution in [0.2, 0.25) is 0 Å². The summed E-state index contributed by atoms with van der Waals surface area (Å²) in [7, 11) is 0. The maximum atomic E-state index is 12.7. The summed E-state index contributed by atoms with van der Waals surface area (Å²) in [5, 5.41) is 8.30. The monoisotopic (exact) mass is 362 g/mol. The molecular formula is C21H22N4O2. The Morgan fingerprint density at radius 2 is 1.67 bits per heavy atom. The van der Waals surface area contributed by atoms with Gasteiger partial charge in [0, 0.05) is 37.3 Å². The van der Waals surface area contributed by atoms with E-state index in [0.717, 1.165) is 29.8 Å². The SMILES string of the molecule is Cc1ccccc1C(=O)N1CCN(Cc2nnc(-c3ccccc3)o2)CC1. The molecule has 3 aromatic rings. The minimum Gasteiger partial charge on any atom is -0.419 e. The normalized spacial score (nSPS) is 15.1. The quantitative estimate of drug-likeness (QED) is 0.714. The van der Waals surface area contributed by atoms with E-state index in [-0.39, 0.29) is 5.91 Å². The zero-order valence-electron chi connectivity index (χ0n) is 15.3. The van der Waals surface area contributed by atoms with Crippen LogP contribution in [0.15, 0.2) is 59.0 Å². The van der Waals surface area contributed by atoms with Gasteiger partial charge in [-0.25, -0.2) is 0 Å². The highest BCUT2D eigenvalue weighted by molar-refractivity contribution is 5.95. The molecule has 1 aliphatic heterocycles. The van der Waals surface area contributed by atoms with Crippen molar-refractivity contribution in [2.24, 2.45) is 0 Å². The lowest BCUT2D eigenvalue weighted by molar-refractivity contribution is 0.0617. The average molecular weight is 362 g/mol. The van der Waals surface area contributed by atoms with Crippen LogP contribution in [-0.4, -0.2) is 52.1 Å². The minimum absolute atomic E-state index is 0.108. The van der Waals surface area contributed by atoms with Gasteiger partial charge in [0.2, 0.25) is 11.8 Å². The van der Waals surface area contributed by atoms with Crippen LogP contribution in [0.1, 0.15) is 21.8 Å². The van der Waals surface area contributed by atoms with Crippen LogP contribution in [0.3, 0.4) is 0 Å². The second-order valence-corrected chi connectivity index (χ2v) is 6.75. The van der Waals surface area contributed by atoms with Gasteiger partial charge in [0.25, 0.3) is 5.91 Å². The molecular weight excluding hydrogens is 340 g/mol. The lowest BCUT2D eigenvalue weighted by Crippen LogP contribution is -2.48. The summed E-state index contributed by atoms with van der Waals surface area (Å²) < 4.78 is 5.79. The van der Waals surface area contributed by atoms with Crippen LogP contribution < -0.4 is 0 Å². The summed E-state index contributed by atoms with van der Waals surface area (Å²) in [5.41, 5.74) is 2.73. The van der Waals surface area contributed by atoms with Gasteiger partial charge in [0.05, 0.1) is 6.54 Å². The first-order valence-electron chi connectivity index (χ1n) is 9.16. The van der Waals surface area contributed by atoms with Crippen molar-refractivity contribution >= 4 is 5.91 Å². The fourth-order valence-corrected chi connectivity index (χ4v) is 3.30. The number of nitrogens with zero attached hydrogens (tertiary/aromatic N) is 4. The van der Waals surface area contributed by atoms with Crippen LogP contribution in [-0.2, 0) is 6.54 Å². The van der Waals surface area contributed by atoms with Crippen molar-refractivity contribution in [1.82, 2.24) is 20.0 Å². The van der Waals surface area contributed by atoms with Crippen molar-refractivity contribution in [3.8, 4) is 11.5 Å². The van der Waals surface area contributed by atoms with Crippen molar-refractivity contribution in [3.63, 3.8) is 0 Å². The molecule has 0 spiro atoms. The number of piperazine rings is 1. The first-order valence-corrected chi connectivity index (χ1v) is 9.16. The summed E-state index contributed by atoms with van der Waals surface area (Å²) in [4.78, 5) is 16.9. The number of amides is 1. The van der Waals surface area contributed by atoms with E-state index in [0.29, 0.717) is 31.4 Å². The second-order valence-electron chi connectivity index (χ2n) is 6.75. The molecule has 1 aliphatic rings. The number of aryl methyl sites for hydroxylation is 1. The Morgan fingerprint density at radius 3 is 2.41 bits per heavy atom. The van der Waals surface area contributed by atoms with E-state index in [1.54, 1.807) is 0 Å². The summed E-state index contributed by atoms with van der Waals surface area (Å²) in [5.74, 6) is 1.25. The van der Waals surface area contributed by atoms with E-state index in [1.807, 2.05) is 66.4 Å². The number of rotatable bonds is 4.